The first kappa shape index (κ1) is 22.5. The van der Waals surface area contributed by atoms with Gasteiger partial charge in [0.15, 0.2) is 0 Å². The van der Waals surface area contributed by atoms with Crippen LogP contribution in [0.2, 0.25) is 0 Å². The zero-order valence-electron chi connectivity index (χ0n) is 16.0. The van der Waals surface area contributed by atoms with Gasteiger partial charge in [-0.3, -0.25) is 4.90 Å². The third-order valence-electron chi connectivity index (χ3n) is 4.99. The zero-order valence-corrected chi connectivity index (χ0v) is 20.7. The van der Waals surface area contributed by atoms with Crippen LogP contribution in [0.25, 0.3) is 0 Å². The highest BCUT2D eigenvalue weighted by molar-refractivity contribution is 9.11. The second-order valence-corrected chi connectivity index (χ2v) is 9.63. The van der Waals surface area contributed by atoms with Crippen molar-refractivity contribution in [1.29, 1.82) is 0 Å². The first-order valence-corrected chi connectivity index (χ1v) is 11.5. The molecule has 1 aliphatic rings. The summed E-state index contributed by atoms with van der Waals surface area (Å²) in [7, 11) is 0. The van der Waals surface area contributed by atoms with Gasteiger partial charge in [-0.05, 0) is 75.5 Å². The molecule has 2 atom stereocenters. The van der Waals surface area contributed by atoms with E-state index in [4.69, 9.17) is 4.74 Å². The van der Waals surface area contributed by atoms with Crippen molar-refractivity contribution in [2.45, 2.75) is 32.5 Å². The Bertz CT molecular complexity index is 909. The Morgan fingerprint density at radius 2 is 1.76 bits per heavy atom. The lowest BCUT2D eigenvalue weighted by atomic mass is 10.0. The lowest BCUT2D eigenvalue weighted by Crippen LogP contribution is -2.55. The molecule has 29 heavy (non-hydrogen) atoms. The zero-order chi connectivity index (χ0) is 21.1. The molecule has 154 valence electrons. The van der Waals surface area contributed by atoms with Crippen LogP contribution in [0.1, 0.15) is 19.4 Å². The van der Waals surface area contributed by atoms with E-state index in [1.807, 2.05) is 24.0 Å². The van der Waals surface area contributed by atoms with E-state index in [0.717, 1.165) is 25.5 Å². The van der Waals surface area contributed by atoms with Gasteiger partial charge in [0.05, 0.1) is 15.0 Å². The van der Waals surface area contributed by atoms with Crippen molar-refractivity contribution in [1.82, 2.24) is 9.80 Å². The van der Waals surface area contributed by atoms with Crippen molar-refractivity contribution in [2.24, 2.45) is 0 Å². The van der Waals surface area contributed by atoms with E-state index in [2.05, 4.69) is 65.6 Å². The molecular formula is C21H20Br3FN2O2. The predicted molar refractivity (Wildman–Crippen MR) is 122 cm³/mol. The van der Waals surface area contributed by atoms with Crippen LogP contribution in [-0.2, 0) is 11.3 Å². The van der Waals surface area contributed by atoms with Crippen molar-refractivity contribution >= 4 is 53.7 Å². The molecule has 0 amide bonds. The van der Waals surface area contributed by atoms with E-state index in [0.29, 0.717) is 24.7 Å². The summed E-state index contributed by atoms with van der Waals surface area (Å²) in [6, 6.07) is 10.1. The van der Waals surface area contributed by atoms with Crippen molar-refractivity contribution in [3.63, 3.8) is 0 Å². The molecule has 8 heteroatoms. The topological polar surface area (TPSA) is 32.8 Å². The lowest BCUT2D eigenvalue weighted by Gasteiger charge is -2.45. The molecule has 1 saturated heterocycles. The minimum absolute atomic E-state index is 0.0769. The number of hydrogen-bond donors (Lipinski definition) is 0. The number of piperazine rings is 1. The molecule has 0 saturated carbocycles. The third-order valence-corrected chi connectivity index (χ3v) is 6.63. The van der Waals surface area contributed by atoms with Crippen molar-refractivity contribution in [2.75, 3.05) is 13.3 Å². The second-order valence-electron chi connectivity index (χ2n) is 7.01. The molecule has 4 nitrogen and oxygen atoms in total. The van der Waals surface area contributed by atoms with Gasteiger partial charge in [0.25, 0.3) is 0 Å². The molecule has 0 unspecified atom stereocenters. The summed E-state index contributed by atoms with van der Waals surface area (Å²) in [5.41, 5.74) is 1.52. The smallest absolute Gasteiger partial charge is 0.149 e. The highest BCUT2D eigenvalue weighted by Gasteiger charge is 2.34. The van der Waals surface area contributed by atoms with Gasteiger partial charge in [0.2, 0.25) is 0 Å². The largest absolute Gasteiger partial charge is 0.476 e. The molecule has 0 radical (unpaired) electrons. The molecule has 1 heterocycles. The number of hydrogen-bond acceptors (Lipinski definition) is 4. The van der Waals surface area contributed by atoms with Crippen LogP contribution in [0.3, 0.4) is 0 Å². The van der Waals surface area contributed by atoms with Crippen LogP contribution in [0.15, 0.2) is 55.5 Å². The lowest BCUT2D eigenvalue weighted by molar-refractivity contribution is 0.0280. The van der Waals surface area contributed by atoms with Crippen LogP contribution in [0, 0.1) is 5.82 Å². The summed E-state index contributed by atoms with van der Waals surface area (Å²) in [5.74, 6) is 2.56. The number of nitrogens with zero attached hydrogens (tertiary/aromatic N) is 2. The SMILES string of the molecule is C[C@@H]1CN(COc2c(Br)cc(Br)cc2Br)[C@@H](C)C(=C=O)N1Cc1ccc(F)cc1. The molecule has 3 rings (SSSR count). The van der Waals surface area contributed by atoms with Crippen molar-refractivity contribution in [3.05, 3.63) is 66.9 Å². The van der Waals surface area contributed by atoms with E-state index in [1.165, 1.54) is 12.1 Å². The average Bonchev–Trinajstić information content (AvgIpc) is 2.66. The Morgan fingerprint density at radius 3 is 2.34 bits per heavy atom. The molecule has 0 aliphatic carbocycles. The first-order chi connectivity index (χ1) is 13.8. The summed E-state index contributed by atoms with van der Waals surface area (Å²) in [6.45, 7) is 5.62. The normalized spacial score (nSPS) is 19.9. The van der Waals surface area contributed by atoms with Gasteiger partial charge in [-0.25, -0.2) is 9.18 Å². The van der Waals surface area contributed by atoms with Gasteiger partial charge in [0.1, 0.15) is 29.9 Å². The quantitative estimate of drug-likeness (QED) is 0.415. The summed E-state index contributed by atoms with van der Waals surface area (Å²) >= 11 is 10.5. The van der Waals surface area contributed by atoms with Crippen molar-refractivity contribution in [3.8, 4) is 5.75 Å². The summed E-state index contributed by atoms with van der Waals surface area (Å²) < 4.78 is 21.8. The Hall–Kier alpha value is -1.18. The van der Waals surface area contributed by atoms with Crippen LogP contribution in [0.4, 0.5) is 4.39 Å². The fourth-order valence-electron chi connectivity index (χ4n) is 3.40. The highest BCUT2D eigenvalue weighted by Crippen LogP contribution is 2.37. The minimum atomic E-state index is -0.270. The number of carbonyl (C=O) groups excluding carboxylic acids is 1. The summed E-state index contributed by atoms with van der Waals surface area (Å²) in [4.78, 5) is 15.9. The van der Waals surface area contributed by atoms with E-state index < -0.39 is 0 Å². The maximum Gasteiger partial charge on any atom is 0.149 e. The van der Waals surface area contributed by atoms with E-state index in [1.54, 1.807) is 12.1 Å². The summed E-state index contributed by atoms with van der Waals surface area (Å²) in [6.07, 6.45) is 0. The number of halogens is 4. The van der Waals surface area contributed by atoms with Gasteiger partial charge in [0, 0.05) is 23.6 Å². The molecule has 0 spiro atoms. The summed E-state index contributed by atoms with van der Waals surface area (Å²) in [5, 5.41) is 0. The molecule has 0 bridgehead atoms. The van der Waals surface area contributed by atoms with Gasteiger partial charge < -0.3 is 9.64 Å². The molecule has 2 aromatic rings. The monoisotopic (exact) mass is 588 g/mol. The van der Waals surface area contributed by atoms with Crippen LogP contribution < -0.4 is 4.74 Å². The molecule has 1 fully saturated rings. The third kappa shape index (κ3) is 5.30. The van der Waals surface area contributed by atoms with Gasteiger partial charge in [-0.1, -0.05) is 28.1 Å². The Labute approximate surface area is 195 Å². The Kier molecular flexibility index (Phi) is 7.57. The van der Waals surface area contributed by atoms with Crippen LogP contribution in [0.5, 0.6) is 5.75 Å². The highest BCUT2D eigenvalue weighted by atomic mass is 79.9. The molecule has 0 aromatic heterocycles. The molecule has 1 aliphatic heterocycles. The number of benzene rings is 2. The Morgan fingerprint density at radius 1 is 1.14 bits per heavy atom. The number of ether oxygens (including phenoxy) is 1. The van der Waals surface area contributed by atoms with E-state index in [9.17, 15) is 9.18 Å². The maximum atomic E-state index is 13.2. The number of rotatable bonds is 5. The molecule has 0 N–H and O–H groups in total. The standard InChI is InChI=1S/C21H20Br3FN2O2/c1-13-9-26(12-29-21-18(23)7-16(22)8-19(21)24)14(2)20(11-28)27(13)10-15-3-5-17(25)6-4-15/h3-8,13-14H,9-10,12H2,1-2H3/t13-,14+/m1/s1. The van der Waals surface area contributed by atoms with Crippen LogP contribution in [-0.4, -0.2) is 41.1 Å². The average molecular weight is 591 g/mol. The molecular weight excluding hydrogens is 571 g/mol. The van der Waals surface area contributed by atoms with Gasteiger partial charge in [-0.2, -0.15) is 0 Å². The maximum absolute atomic E-state index is 13.2. The first-order valence-electron chi connectivity index (χ1n) is 9.07. The minimum Gasteiger partial charge on any atom is -0.476 e. The van der Waals surface area contributed by atoms with E-state index >= 15 is 0 Å². The predicted octanol–water partition coefficient (Wildman–Crippen LogP) is 5.76. The fourth-order valence-corrected chi connectivity index (χ4v) is 5.88. The Balaban J connectivity index is 1.73. The van der Waals surface area contributed by atoms with Gasteiger partial charge in [-0.15, -0.1) is 0 Å². The van der Waals surface area contributed by atoms with Crippen LogP contribution >= 0.6 is 47.8 Å². The molecule has 2 aromatic carbocycles. The fraction of sp³-hybridized carbons (Fsp3) is 0.333. The van der Waals surface area contributed by atoms with Crippen molar-refractivity contribution < 1.29 is 13.9 Å². The van der Waals surface area contributed by atoms with Gasteiger partial charge >= 0.3 is 0 Å². The second kappa shape index (κ2) is 9.75. The van der Waals surface area contributed by atoms with E-state index in [-0.39, 0.29) is 17.9 Å².